The molecule has 94 valence electrons. The number of carboxylic acids is 1. The van der Waals surface area contributed by atoms with E-state index in [1.807, 2.05) is 30.3 Å². The molecule has 2 N–H and O–H groups in total. The summed E-state index contributed by atoms with van der Waals surface area (Å²) in [5.74, 6) is -1.04. The van der Waals surface area contributed by atoms with E-state index in [-0.39, 0.29) is 6.42 Å². The number of carboxylic acid groups (broad SMARTS) is 1. The first-order valence-corrected chi connectivity index (χ1v) is 5.57. The highest BCUT2D eigenvalue weighted by Crippen LogP contribution is 2.23. The first kappa shape index (κ1) is 12.3. The highest BCUT2D eigenvalue weighted by molar-refractivity contribution is 5.68. The maximum absolute atomic E-state index is 10.6. The molecule has 0 amide bonds. The lowest BCUT2D eigenvalue weighted by Crippen LogP contribution is -2.09. The third-order valence-electron chi connectivity index (χ3n) is 2.69. The second-order valence-electron chi connectivity index (χ2n) is 4.06. The minimum absolute atomic E-state index is 0.326. The molecule has 0 aliphatic rings. The number of aromatic nitrogens is 2. The Morgan fingerprint density at radius 2 is 2.06 bits per heavy atom. The normalized spacial score (nSPS) is 12.3. The third-order valence-corrected chi connectivity index (χ3v) is 2.69. The predicted molar refractivity (Wildman–Crippen MR) is 65.9 cm³/mol. The van der Waals surface area contributed by atoms with Gasteiger partial charge in [0.15, 0.2) is 0 Å². The van der Waals surface area contributed by atoms with Crippen molar-refractivity contribution in [3.63, 3.8) is 0 Å². The third kappa shape index (κ3) is 2.57. The molecular weight excluding hydrogens is 232 g/mol. The lowest BCUT2D eigenvalue weighted by Gasteiger charge is -2.07. The molecule has 0 aliphatic heterocycles. The number of rotatable bonds is 4. The molecule has 2 aromatic rings. The lowest BCUT2D eigenvalue weighted by atomic mass is 10.1. The first-order valence-electron chi connectivity index (χ1n) is 5.57. The van der Waals surface area contributed by atoms with Gasteiger partial charge in [0.2, 0.25) is 0 Å². The number of hydrogen-bond donors (Lipinski definition) is 2. The van der Waals surface area contributed by atoms with E-state index < -0.39 is 12.1 Å². The fourth-order valence-corrected chi connectivity index (χ4v) is 1.81. The summed E-state index contributed by atoms with van der Waals surface area (Å²) in [6, 6.07) is 11.2. The second-order valence-corrected chi connectivity index (χ2v) is 4.06. The summed E-state index contributed by atoms with van der Waals surface area (Å²) in [6.45, 7) is 0. The molecule has 1 atom stereocenters. The largest absolute Gasteiger partial charge is 0.481 e. The average Bonchev–Trinajstić information content (AvgIpc) is 2.72. The minimum atomic E-state index is -1.04. The van der Waals surface area contributed by atoms with Crippen molar-refractivity contribution >= 4 is 5.97 Å². The summed E-state index contributed by atoms with van der Waals surface area (Å²) in [7, 11) is 1.69. The molecule has 0 fully saturated rings. The Morgan fingerprint density at radius 1 is 1.39 bits per heavy atom. The monoisotopic (exact) mass is 246 g/mol. The van der Waals surface area contributed by atoms with Crippen LogP contribution in [0.1, 0.15) is 18.2 Å². The van der Waals surface area contributed by atoms with Crippen LogP contribution in [0, 0.1) is 0 Å². The summed E-state index contributed by atoms with van der Waals surface area (Å²) >= 11 is 0. The van der Waals surface area contributed by atoms with Gasteiger partial charge >= 0.3 is 5.97 Å². The molecule has 1 heterocycles. The molecule has 0 saturated carbocycles. The molecule has 0 saturated heterocycles. The SMILES string of the molecule is Cn1nc(-c2ccccc2)cc1C(O)CC(=O)O. The highest BCUT2D eigenvalue weighted by atomic mass is 16.4. The van der Waals surface area contributed by atoms with Gasteiger partial charge in [-0.1, -0.05) is 30.3 Å². The predicted octanol–water partition coefficient (Wildman–Crippen LogP) is 1.60. The van der Waals surface area contributed by atoms with Crippen molar-refractivity contribution in [2.45, 2.75) is 12.5 Å². The van der Waals surface area contributed by atoms with Crippen molar-refractivity contribution in [3.8, 4) is 11.3 Å². The molecule has 1 aromatic heterocycles. The molecule has 18 heavy (non-hydrogen) atoms. The van der Waals surface area contributed by atoms with Crippen LogP contribution in [0.4, 0.5) is 0 Å². The highest BCUT2D eigenvalue weighted by Gasteiger charge is 2.17. The molecule has 2 rings (SSSR count). The van der Waals surface area contributed by atoms with Gasteiger partial charge in [0.25, 0.3) is 0 Å². The van der Waals surface area contributed by atoms with Gasteiger partial charge in [0, 0.05) is 12.6 Å². The van der Waals surface area contributed by atoms with Gasteiger partial charge in [0.1, 0.15) is 6.10 Å². The van der Waals surface area contributed by atoms with E-state index in [2.05, 4.69) is 5.10 Å². The summed E-state index contributed by atoms with van der Waals surface area (Å²) in [5.41, 5.74) is 2.15. The smallest absolute Gasteiger partial charge is 0.306 e. The molecular formula is C13H14N2O3. The van der Waals surface area contributed by atoms with E-state index >= 15 is 0 Å². The van der Waals surface area contributed by atoms with E-state index in [9.17, 15) is 9.90 Å². The molecule has 0 spiro atoms. The number of aliphatic hydroxyl groups is 1. The lowest BCUT2D eigenvalue weighted by molar-refractivity contribution is -0.139. The molecule has 1 unspecified atom stereocenters. The number of nitrogens with zero attached hydrogens (tertiary/aromatic N) is 2. The van der Waals surface area contributed by atoms with E-state index in [1.54, 1.807) is 13.1 Å². The Labute approximate surface area is 104 Å². The van der Waals surface area contributed by atoms with E-state index in [0.29, 0.717) is 5.69 Å². The zero-order valence-electron chi connectivity index (χ0n) is 9.95. The van der Waals surface area contributed by atoms with Crippen LogP contribution >= 0.6 is 0 Å². The Hall–Kier alpha value is -2.14. The van der Waals surface area contributed by atoms with Crippen LogP contribution < -0.4 is 0 Å². The number of carbonyl (C=O) groups is 1. The van der Waals surface area contributed by atoms with Crippen LogP contribution in [0.15, 0.2) is 36.4 Å². The van der Waals surface area contributed by atoms with Crippen molar-refractivity contribution in [1.29, 1.82) is 0 Å². The molecule has 5 heteroatoms. The van der Waals surface area contributed by atoms with Crippen molar-refractivity contribution in [2.24, 2.45) is 7.05 Å². The standard InChI is InChI=1S/C13H14N2O3/c1-15-11(12(16)8-13(17)18)7-10(14-15)9-5-3-2-4-6-9/h2-7,12,16H,8H2,1H3,(H,17,18). The molecule has 0 radical (unpaired) electrons. The number of aliphatic hydroxyl groups excluding tert-OH is 1. The van der Waals surface area contributed by atoms with Crippen LogP contribution in [-0.2, 0) is 11.8 Å². The van der Waals surface area contributed by atoms with Gasteiger partial charge in [0.05, 0.1) is 17.8 Å². The maximum atomic E-state index is 10.6. The van der Waals surface area contributed by atoms with Crippen LogP contribution in [0.3, 0.4) is 0 Å². The van der Waals surface area contributed by atoms with Crippen molar-refractivity contribution in [2.75, 3.05) is 0 Å². The van der Waals surface area contributed by atoms with Crippen molar-refractivity contribution in [1.82, 2.24) is 9.78 Å². The Kier molecular flexibility index (Phi) is 3.43. The van der Waals surface area contributed by atoms with Gasteiger partial charge in [-0.3, -0.25) is 9.48 Å². The maximum Gasteiger partial charge on any atom is 0.306 e. The molecule has 1 aromatic carbocycles. The van der Waals surface area contributed by atoms with Crippen LogP contribution in [0.2, 0.25) is 0 Å². The van der Waals surface area contributed by atoms with Gasteiger partial charge in [-0.25, -0.2) is 0 Å². The fourth-order valence-electron chi connectivity index (χ4n) is 1.81. The number of aliphatic carboxylic acids is 1. The molecule has 5 nitrogen and oxygen atoms in total. The summed E-state index contributed by atoms with van der Waals surface area (Å²) in [4.78, 5) is 10.6. The Bertz CT molecular complexity index is 549. The Balaban J connectivity index is 2.30. The second kappa shape index (κ2) is 5.01. The molecule has 0 bridgehead atoms. The number of hydrogen-bond acceptors (Lipinski definition) is 3. The van der Waals surface area contributed by atoms with E-state index in [0.717, 1.165) is 11.3 Å². The van der Waals surface area contributed by atoms with Crippen LogP contribution in [0.5, 0.6) is 0 Å². The Morgan fingerprint density at radius 3 is 2.67 bits per heavy atom. The van der Waals surface area contributed by atoms with Crippen molar-refractivity contribution in [3.05, 3.63) is 42.1 Å². The average molecular weight is 246 g/mol. The zero-order chi connectivity index (χ0) is 13.1. The number of aryl methyl sites for hydroxylation is 1. The van der Waals surface area contributed by atoms with E-state index in [1.165, 1.54) is 4.68 Å². The summed E-state index contributed by atoms with van der Waals surface area (Å²) < 4.78 is 1.51. The van der Waals surface area contributed by atoms with Gasteiger partial charge < -0.3 is 10.2 Å². The summed E-state index contributed by atoms with van der Waals surface area (Å²) in [5, 5.41) is 22.7. The quantitative estimate of drug-likeness (QED) is 0.859. The topological polar surface area (TPSA) is 75.3 Å². The van der Waals surface area contributed by atoms with Crippen LogP contribution in [0.25, 0.3) is 11.3 Å². The fraction of sp³-hybridized carbons (Fsp3) is 0.231. The van der Waals surface area contributed by atoms with Crippen molar-refractivity contribution < 1.29 is 15.0 Å². The zero-order valence-corrected chi connectivity index (χ0v) is 9.95. The van der Waals surface area contributed by atoms with Gasteiger partial charge in [-0.05, 0) is 6.07 Å². The van der Waals surface area contributed by atoms with E-state index in [4.69, 9.17) is 5.11 Å². The van der Waals surface area contributed by atoms with Crippen LogP contribution in [-0.4, -0.2) is 26.0 Å². The molecule has 0 aliphatic carbocycles. The van der Waals surface area contributed by atoms with Gasteiger partial charge in [-0.15, -0.1) is 0 Å². The minimum Gasteiger partial charge on any atom is -0.481 e. The first-order chi connectivity index (χ1) is 8.58. The summed E-state index contributed by atoms with van der Waals surface area (Å²) in [6.07, 6.45) is -1.37. The number of benzene rings is 1. The van der Waals surface area contributed by atoms with Gasteiger partial charge in [-0.2, -0.15) is 5.10 Å².